The lowest BCUT2D eigenvalue weighted by Gasteiger charge is -2.32. The number of hydrogen-bond donors (Lipinski definition) is 1. The van der Waals surface area contributed by atoms with Crippen LogP contribution in [0.1, 0.15) is 18.9 Å². The SMILES string of the molecule is CS(=O)(=O)c1cc(F)ccc1S(=O)(=O)N1CCC(n2c(=O)n(CC(=O)O)c3cccnc32)CC1. The van der Waals surface area contributed by atoms with Gasteiger partial charge in [-0.2, -0.15) is 4.31 Å². The normalized spacial score (nSPS) is 16.2. The molecule has 2 aromatic heterocycles. The number of aliphatic carboxylic acids is 1. The Morgan fingerprint density at radius 1 is 1.15 bits per heavy atom. The number of hydrogen-bond acceptors (Lipinski definition) is 7. The molecular weight excluding hydrogens is 491 g/mol. The summed E-state index contributed by atoms with van der Waals surface area (Å²) in [7, 11) is -8.28. The summed E-state index contributed by atoms with van der Waals surface area (Å²) in [4.78, 5) is 27.3. The van der Waals surface area contributed by atoms with E-state index < -0.39 is 59.7 Å². The van der Waals surface area contributed by atoms with Crippen LogP contribution in [0.2, 0.25) is 0 Å². The van der Waals surface area contributed by atoms with Gasteiger partial charge in [-0.15, -0.1) is 0 Å². The first-order valence-electron chi connectivity index (χ1n) is 10.2. The van der Waals surface area contributed by atoms with Crippen molar-refractivity contribution in [1.29, 1.82) is 0 Å². The van der Waals surface area contributed by atoms with Crippen LogP contribution >= 0.6 is 0 Å². The Bertz CT molecular complexity index is 1550. The molecule has 1 N–H and O–H groups in total. The molecule has 3 aromatic rings. The standard InChI is InChI=1S/C20H21FN4O7S2/c1-33(29,30)17-11-13(21)4-5-16(17)34(31,32)23-9-6-14(7-10-23)25-19-15(3-2-8-22-19)24(20(25)28)12-18(26)27/h2-5,8,11,14H,6-7,9-10,12H2,1H3,(H,26,27). The Morgan fingerprint density at radius 2 is 1.82 bits per heavy atom. The molecule has 1 aliphatic rings. The summed E-state index contributed by atoms with van der Waals surface area (Å²) in [5, 5.41) is 9.17. The second kappa shape index (κ2) is 8.60. The van der Waals surface area contributed by atoms with E-state index in [4.69, 9.17) is 0 Å². The van der Waals surface area contributed by atoms with E-state index in [0.717, 1.165) is 27.3 Å². The molecule has 1 aromatic carbocycles. The van der Waals surface area contributed by atoms with E-state index in [1.54, 1.807) is 12.1 Å². The summed E-state index contributed by atoms with van der Waals surface area (Å²) in [6, 6.07) is 5.22. The lowest BCUT2D eigenvalue weighted by molar-refractivity contribution is -0.137. The third-order valence-electron chi connectivity index (χ3n) is 5.73. The van der Waals surface area contributed by atoms with Crippen molar-refractivity contribution in [3.05, 3.63) is 52.8 Å². The van der Waals surface area contributed by atoms with Gasteiger partial charge in [-0.3, -0.25) is 13.9 Å². The van der Waals surface area contributed by atoms with E-state index in [9.17, 15) is 35.9 Å². The summed E-state index contributed by atoms with van der Waals surface area (Å²) >= 11 is 0. The van der Waals surface area contributed by atoms with Crippen LogP contribution in [0.4, 0.5) is 4.39 Å². The summed E-state index contributed by atoms with van der Waals surface area (Å²) in [6.45, 7) is -0.600. The van der Waals surface area contributed by atoms with Gasteiger partial charge in [0.25, 0.3) is 0 Å². The number of carboxylic acid groups (broad SMARTS) is 1. The minimum atomic E-state index is -4.26. The van der Waals surface area contributed by atoms with Gasteiger partial charge in [-0.1, -0.05) is 0 Å². The highest BCUT2D eigenvalue weighted by Crippen LogP contribution is 2.31. The van der Waals surface area contributed by atoms with Crippen molar-refractivity contribution < 1.29 is 31.1 Å². The summed E-state index contributed by atoms with van der Waals surface area (Å²) in [5.74, 6) is -2.06. The zero-order valence-corrected chi connectivity index (χ0v) is 19.6. The number of carboxylic acids is 1. The molecule has 14 heteroatoms. The molecule has 0 bridgehead atoms. The van der Waals surface area contributed by atoms with Crippen molar-refractivity contribution in [2.24, 2.45) is 0 Å². The molecule has 1 fully saturated rings. The number of benzene rings is 1. The molecule has 0 unspecified atom stereocenters. The quantitative estimate of drug-likeness (QED) is 0.511. The van der Waals surface area contributed by atoms with Crippen LogP contribution in [0.3, 0.4) is 0 Å². The molecule has 0 radical (unpaired) electrons. The van der Waals surface area contributed by atoms with Crippen molar-refractivity contribution in [2.75, 3.05) is 19.3 Å². The Hall–Kier alpha value is -3.10. The number of aromatic nitrogens is 3. The number of rotatable bonds is 6. The lowest BCUT2D eigenvalue weighted by Crippen LogP contribution is -2.41. The molecule has 4 rings (SSSR count). The van der Waals surface area contributed by atoms with E-state index in [0.29, 0.717) is 17.2 Å². The zero-order chi connectivity index (χ0) is 24.8. The van der Waals surface area contributed by atoms with Crippen molar-refractivity contribution in [2.45, 2.75) is 35.2 Å². The van der Waals surface area contributed by atoms with Gasteiger partial charge in [0.15, 0.2) is 15.5 Å². The Kier molecular flexibility index (Phi) is 6.08. The molecule has 3 heterocycles. The van der Waals surface area contributed by atoms with Gasteiger partial charge < -0.3 is 5.11 Å². The predicted octanol–water partition coefficient (Wildman–Crippen LogP) is 0.851. The average Bonchev–Trinajstić information content (AvgIpc) is 3.04. The second-order valence-corrected chi connectivity index (χ2v) is 11.9. The Balaban J connectivity index is 1.66. The van der Waals surface area contributed by atoms with Crippen LogP contribution in [0.15, 0.2) is 51.1 Å². The van der Waals surface area contributed by atoms with Gasteiger partial charge in [0.2, 0.25) is 10.0 Å². The summed E-state index contributed by atoms with van der Waals surface area (Å²) in [5.41, 5.74) is 0.0947. The van der Waals surface area contributed by atoms with E-state index in [2.05, 4.69) is 4.98 Å². The van der Waals surface area contributed by atoms with Gasteiger partial charge in [-0.25, -0.2) is 31.0 Å². The molecule has 0 aliphatic carbocycles. The number of piperidine rings is 1. The van der Waals surface area contributed by atoms with Crippen LogP contribution in [-0.2, 0) is 31.2 Å². The van der Waals surface area contributed by atoms with Crippen LogP contribution in [-0.4, -0.2) is 65.7 Å². The molecule has 1 aliphatic heterocycles. The van der Waals surface area contributed by atoms with Gasteiger partial charge >= 0.3 is 11.7 Å². The molecule has 34 heavy (non-hydrogen) atoms. The van der Waals surface area contributed by atoms with Gasteiger partial charge in [0, 0.05) is 31.6 Å². The number of imidazole rings is 1. The van der Waals surface area contributed by atoms with E-state index in [1.165, 1.54) is 10.8 Å². The minimum absolute atomic E-state index is 0.0293. The highest BCUT2D eigenvalue weighted by atomic mass is 32.2. The summed E-state index contributed by atoms with van der Waals surface area (Å²) < 4.78 is 67.8. The van der Waals surface area contributed by atoms with Gasteiger partial charge in [0.05, 0.1) is 10.4 Å². The molecule has 0 amide bonds. The topological polar surface area (TPSA) is 149 Å². The molecule has 0 spiro atoms. The Labute approximate surface area is 194 Å². The average molecular weight is 513 g/mol. The second-order valence-electron chi connectivity index (χ2n) is 7.98. The Morgan fingerprint density at radius 3 is 2.44 bits per heavy atom. The maximum atomic E-state index is 13.6. The minimum Gasteiger partial charge on any atom is -0.480 e. The van der Waals surface area contributed by atoms with Crippen LogP contribution in [0.5, 0.6) is 0 Å². The first-order valence-corrected chi connectivity index (χ1v) is 13.5. The van der Waals surface area contributed by atoms with Crippen molar-refractivity contribution in [3.8, 4) is 0 Å². The number of nitrogens with zero attached hydrogens (tertiary/aromatic N) is 4. The highest BCUT2D eigenvalue weighted by Gasteiger charge is 2.35. The number of carbonyl (C=O) groups is 1. The molecular formula is C20H21FN4O7S2. The third-order valence-corrected chi connectivity index (χ3v) is 8.95. The third kappa shape index (κ3) is 4.23. The zero-order valence-electron chi connectivity index (χ0n) is 18.0. The number of sulfonamides is 1. The number of fused-ring (bicyclic) bond motifs is 1. The maximum absolute atomic E-state index is 13.6. The molecule has 1 saturated heterocycles. The predicted molar refractivity (Wildman–Crippen MR) is 118 cm³/mol. The largest absolute Gasteiger partial charge is 0.480 e. The van der Waals surface area contributed by atoms with Crippen LogP contribution in [0.25, 0.3) is 11.2 Å². The first kappa shape index (κ1) is 24.0. The first-order chi connectivity index (χ1) is 15.9. The fourth-order valence-electron chi connectivity index (χ4n) is 4.19. The van der Waals surface area contributed by atoms with Crippen LogP contribution < -0.4 is 5.69 Å². The van der Waals surface area contributed by atoms with Gasteiger partial charge in [-0.05, 0) is 43.2 Å². The number of halogens is 1. The van der Waals surface area contributed by atoms with Crippen LogP contribution in [0, 0.1) is 5.82 Å². The molecule has 182 valence electrons. The lowest BCUT2D eigenvalue weighted by atomic mass is 10.1. The monoisotopic (exact) mass is 512 g/mol. The van der Waals surface area contributed by atoms with E-state index in [-0.39, 0.29) is 25.9 Å². The van der Waals surface area contributed by atoms with Crippen molar-refractivity contribution in [3.63, 3.8) is 0 Å². The van der Waals surface area contributed by atoms with Gasteiger partial charge in [0.1, 0.15) is 17.3 Å². The van der Waals surface area contributed by atoms with E-state index >= 15 is 0 Å². The summed E-state index contributed by atoms with van der Waals surface area (Å²) in [6.07, 6.45) is 2.69. The maximum Gasteiger partial charge on any atom is 0.331 e. The number of sulfone groups is 1. The molecule has 0 saturated carbocycles. The highest BCUT2D eigenvalue weighted by molar-refractivity contribution is 7.93. The fraction of sp³-hybridized carbons (Fsp3) is 0.350. The smallest absolute Gasteiger partial charge is 0.331 e. The molecule has 11 nitrogen and oxygen atoms in total. The number of pyridine rings is 1. The van der Waals surface area contributed by atoms with E-state index in [1.807, 2.05) is 0 Å². The van der Waals surface area contributed by atoms with Crippen molar-refractivity contribution >= 4 is 37.0 Å². The molecule has 0 atom stereocenters. The van der Waals surface area contributed by atoms with Crippen molar-refractivity contribution in [1.82, 2.24) is 18.4 Å². The fourth-order valence-corrected chi connectivity index (χ4v) is 7.24.